The van der Waals surface area contributed by atoms with Crippen LogP contribution in [0.2, 0.25) is 0 Å². The first-order valence-electron chi connectivity index (χ1n) is 9.31. The Balaban J connectivity index is 3.53. The first-order valence-corrected chi connectivity index (χ1v) is 9.31. The highest BCUT2D eigenvalue weighted by molar-refractivity contribution is 5.69. The third kappa shape index (κ3) is 14.4. The number of aliphatic hydroxyl groups is 1. The second-order valence-corrected chi connectivity index (χ2v) is 7.16. The predicted molar refractivity (Wildman–Crippen MR) is 92.6 cm³/mol. The van der Waals surface area contributed by atoms with Crippen molar-refractivity contribution in [2.75, 3.05) is 0 Å². The molecule has 0 aliphatic heterocycles. The van der Waals surface area contributed by atoms with Crippen LogP contribution >= 0.6 is 0 Å². The molecule has 3 nitrogen and oxygen atoms in total. The van der Waals surface area contributed by atoms with Crippen LogP contribution < -0.4 is 0 Å². The largest absolute Gasteiger partial charge is 0.434 e. The van der Waals surface area contributed by atoms with Gasteiger partial charge in [0.05, 0.1) is 0 Å². The summed E-state index contributed by atoms with van der Waals surface area (Å²) in [6.45, 7) is 8.02. The molecule has 0 aliphatic carbocycles. The monoisotopic (exact) mass is 314 g/mol. The Labute approximate surface area is 137 Å². The quantitative estimate of drug-likeness (QED) is 0.258. The first kappa shape index (κ1) is 21.4. The lowest BCUT2D eigenvalue weighted by atomic mass is 10.0. The number of hydrogen-bond donors (Lipinski definition) is 1. The molecule has 0 aromatic carbocycles. The predicted octanol–water partition coefficient (Wildman–Crippen LogP) is 5.60. The molecule has 0 radical (unpaired) electrons. The SMILES string of the molecule is CCCCCCCCCCCC(=O)OC(C)(O)CCC(C)C. The number of hydrogen-bond acceptors (Lipinski definition) is 3. The van der Waals surface area contributed by atoms with Crippen molar-refractivity contribution in [1.82, 2.24) is 0 Å². The van der Waals surface area contributed by atoms with Crippen LogP contribution in [0.25, 0.3) is 0 Å². The standard InChI is InChI=1S/C19H38O3/c1-5-6-7-8-9-10-11-12-13-14-18(20)22-19(4,21)16-15-17(2)3/h17,21H,5-16H2,1-4H3. The minimum Gasteiger partial charge on any atom is -0.434 e. The van der Waals surface area contributed by atoms with Crippen LogP contribution in [0, 0.1) is 5.92 Å². The molecule has 132 valence electrons. The van der Waals surface area contributed by atoms with E-state index in [0.29, 0.717) is 18.8 Å². The van der Waals surface area contributed by atoms with E-state index in [-0.39, 0.29) is 5.97 Å². The van der Waals surface area contributed by atoms with Gasteiger partial charge in [0.15, 0.2) is 0 Å². The Morgan fingerprint density at radius 2 is 1.50 bits per heavy atom. The lowest BCUT2D eigenvalue weighted by Crippen LogP contribution is -2.31. The summed E-state index contributed by atoms with van der Waals surface area (Å²) in [7, 11) is 0. The minimum absolute atomic E-state index is 0.267. The molecular weight excluding hydrogens is 276 g/mol. The maximum Gasteiger partial charge on any atom is 0.308 e. The molecule has 3 heteroatoms. The van der Waals surface area contributed by atoms with Crippen LogP contribution in [0.15, 0.2) is 0 Å². The maximum atomic E-state index is 11.7. The number of ether oxygens (including phenoxy) is 1. The van der Waals surface area contributed by atoms with Crippen molar-refractivity contribution in [3.8, 4) is 0 Å². The van der Waals surface area contributed by atoms with E-state index in [2.05, 4.69) is 20.8 Å². The van der Waals surface area contributed by atoms with Crippen molar-refractivity contribution in [1.29, 1.82) is 0 Å². The van der Waals surface area contributed by atoms with Gasteiger partial charge in [0.25, 0.3) is 0 Å². The molecule has 1 unspecified atom stereocenters. The first-order chi connectivity index (χ1) is 10.4. The third-order valence-corrected chi connectivity index (χ3v) is 4.00. The normalized spacial score (nSPS) is 14.1. The van der Waals surface area contributed by atoms with Gasteiger partial charge in [-0.05, 0) is 18.8 Å². The van der Waals surface area contributed by atoms with Crippen LogP contribution in [0.4, 0.5) is 0 Å². The van der Waals surface area contributed by atoms with Crippen molar-refractivity contribution in [2.24, 2.45) is 5.92 Å². The van der Waals surface area contributed by atoms with Crippen LogP contribution in [-0.4, -0.2) is 16.9 Å². The molecule has 0 spiro atoms. The van der Waals surface area contributed by atoms with E-state index in [0.717, 1.165) is 19.3 Å². The number of rotatable bonds is 14. The molecular formula is C19H38O3. The van der Waals surface area contributed by atoms with Crippen molar-refractivity contribution in [3.05, 3.63) is 0 Å². The summed E-state index contributed by atoms with van der Waals surface area (Å²) in [5.74, 6) is -1.07. The minimum atomic E-state index is -1.30. The lowest BCUT2D eigenvalue weighted by molar-refractivity contribution is -0.205. The fourth-order valence-electron chi connectivity index (χ4n) is 2.48. The van der Waals surface area contributed by atoms with Gasteiger partial charge in [-0.1, -0.05) is 72.1 Å². The summed E-state index contributed by atoms with van der Waals surface area (Å²) in [5, 5.41) is 10.0. The summed E-state index contributed by atoms with van der Waals surface area (Å²) in [5.41, 5.74) is 0. The molecule has 0 rings (SSSR count). The maximum absolute atomic E-state index is 11.7. The summed E-state index contributed by atoms with van der Waals surface area (Å²) in [4.78, 5) is 11.7. The number of carbonyl (C=O) groups is 1. The molecule has 0 aromatic heterocycles. The van der Waals surface area contributed by atoms with Gasteiger partial charge < -0.3 is 9.84 Å². The van der Waals surface area contributed by atoms with E-state index in [1.807, 2.05) is 0 Å². The second kappa shape index (κ2) is 12.9. The van der Waals surface area contributed by atoms with Gasteiger partial charge in [0, 0.05) is 19.8 Å². The highest BCUT2D eigenvalue weighted by Crippen LogP contribution is 2.19. The van der Waals surface area contributed by atoms with Gasteiger partial charge in [-0.3, -0.25) is 4.79 Å². The van der Waals surface area contributed by atoms with E-state index >= 15 is 0 Å². The molecule has 1 N–H and O–H groups in total. The summed E-state index contributed by atoms with van der Waals surface area (Å²) in [6.07, 6.45) is 12.9. The molecule has 0 aliphatic rings. The van der Waals surface area contributed by atoms with Gasteiger partial charge in [-0.15, -0.1) is 0 Å². The fraction of sp³-hybridized carbons (Fsp3) is 0.947. The van der Waals surface area contributed by atoms with Crippen LogP contribution in [0.5, 0.6) is 0 Å². The van der Waals surface area contributed by atoms with Crippen molar-refractivity contribution >= 4 is 5.97 Å². The van der Waals surface area contributed by atoms with E-state index in [1.54, 1.807) is 6.92 Å². The van der Waals surface area contributed by atoms with E-state index in [9.17, 15) is 9.90 Å². The average molecular weight is 315 g/mol. The zero-order valence-electron chi connectivity index (χ0n) is 15.3. The van der Waals surface area contributed by atoms with Crippen LogP contribution in [0.1, 0.15) is 105 Å². The molecule has 0 bridgehead atoms. The Morgan fingerprint density at radius 3 is 2.00 bits per heavy atom. The van der Waals surface area contributed by atoms with Gasteiger partial charge in [-0.25, -0.2) is 0 Å². The molecule has 0 aromatic rings. The second-order valence-electron chi connectivity index (χ2n) is 7.16. The molecule has 22 heavy (non-hydrogen) atoms. The molecule has 0 saturated carbocycles. The summed E-state index contributed by atoms with van der Waals surface area (Å²) < 4.78 is 5.18. The zero-order valence-corrected chi connectivity index (χ0v) is 15.3. The summed E-state index contributed by atoms with van der Waals surface area (Å²) in [6, 6.07) is 0. The van der Waals surface area contributed by atoms with Crippen LogP contribution in [-0.2, 0) is 9.53 Å². The van der Waals surface area contributed by atoms with Gasteiger partial charge in [0.2, 0.25) is 5.79 Å². The van der Waals surface area contributed by atoms with Crippen molar-refractivity contribution in [3.63, 3.8) is 0 Å². The van der Waals surface area contributed by atoms with Gasteiger partial charge in [-0.2, -0.15) is 0 Å². The zero-order chi connectivity index (χ0) is 16.8. The Hall–Kier alpha value is -0.570. The third-order valence-electron chi connectivity index (χ3n) is 4.00. The van der Waals surface area contributed by atoms with E-state index in [1.165, 1.54) is 44.9 Å². The van der Waals surface area contributed by atoms with E-state index < -0.39 is 5.79 Å². The molecule has 0 heterocycles. The number of unbranched alkanes of at least 4 members (excludes halogenated alkanes) is 8. The van der Waals surface area contributed by atoms with Crippen LogP contribution in [0.3, 0.4) is 0 Å². The topological polar surface area (TPSA) is 46.5 Å². The van der Waals surface area contributed by atoms with Gasteiger partial charge >= 0.3 is 5.97 Å². The smallest absolute Gasteiger partial charge is 0.308 e. The average Bonchev–Trinajstić information content (AvgIpc) is 2.43. The van der Waals surface area contributed by atoms with Crippen molar-refractivity contribution in [2.45, 2.75) is 111 Å². The summed E-state index contributed by atoms with van der Waals surface area (Å²) >= 11 is 0. The van der Waals surface area contributed by atoms with E-state index in [4.69, 9.17) is 4.74 Å². The number of carbonyl (C=O) groups excluding carboxylic acids is 1. The molecule has 0 saturated heterocycles. The highest BCUT2D eigenvalue weighted by atomic mass is 16.7. The fourth-order valence-corrected chi connectivity index (χ4v) is 2.48. The Morgan fingerprint density at radius 1 is 1.00 bits per heavy atom. The Bertz CT molecular complexity index is 272. The number of esters is 1. The molecule has 0 fully saturated rings. The highest BCUT2D eigenvalue weighted by Gasteiger charge is 2.24. The molecule has 0 amide bonds. The Kier molecular flexibility index (Phi) is 12.6. The lowest BCUT2D eigenvalue weighted by Gasteiger charge is -2.24. The molecule has 1 atom stereocenters. The van der Waals surface area contributed by atoms with Crippen molar-refractivity contribution < 1.29 is 14.6 Å². The van der Waals surface area contributed by atoms with Gasteiger partial charge in [0.1, 0.15) is 0 Å².